The first-order valence-corrected chi connectivity index (χ1v) is 8.86. The van der Waals surface area contributed by atoms with Gasteiger partial charge in [-0.3, -0.25) is 4.79 Å². The second kappa shape index (κ2) is 7.48. The van der Waals surface area contributed by atoms with Crippen LogP contribution in [0.4, 0.5) is 0 Å². The first-order valence-electron chi connectivity index (χ1n) is 8.86. The fraction of sp³-hybridized carbons (Fsp3) is 0.0870. The molecule has 0 bridgehead atoms. The van der Waals surface area contributed by atoms with Crippen LogP contribution in [0, 0.1) is 0 Å². The number of fused-ring (bicyclic) bond motifs is 1. The van der Waals surface area contributed by atoms with E-state index in [2.05, 4.69) is 9.55 Å². The van der Waals surface area contributed by atoms with Gasteiger partial charge in [0.1, 0.15) is 11.9 Å². The maximum atomic E-state index is 11.6. The molecule has 0 N–H and O–H groups in total. The van der Waals surface area contributed by atoms with E-state index in [0.717, 1.165) is 34.0 Å². The number of hydrogen-bond donors (Lipinski definition) is 0. The molecule has 28 heavy (non-hydrogen) atoms. The molecule has 4 rings (SSSR count). The lowest BCUT2D eigenvalue weighted by atomic mass is 10.0. The zero-order valence-electron chi connectivity index (χ0n) is 15.3. The molecule has 0 atom stereocenters. The third kappa shape index (κ3) is 3.30. The van der Waals surface area contributed by atoms with Gasteiger partial charge in [-0.25, -0.2) is 9.78 Å². The number of methoxy groups -OCH3 is 1. The number of esters is 1. The van der Waals surface area contributed by atoms with E-state index in [4.69, 9.17) is 4.74 Å². The summed E-state index contributed by atoms with van der Waals surface area (Å²) in [6, 6.07) is 18.9. The monoisotopic (exact) mass is 370 g/mol. The fourth-order valence-corrected chi connectivity index (χ4v) is 3.27. The van der Waals surface area contributed by atoms with Crippen molar-refractivity contribution in [2.24, 2.45) is 0 Å². The van der Waals surface area contributed by atoms with E-state index in [0.29, 0.717) is 17.7 Å². The fourth-order valence-electron chi connectivity index (χ4n) is 3.27. The van der Waals surface area contributed by atoms with E-state index in [-0.39, 0.29) is 5.97 Å². The van der Waals surface area contributed by atoms with Crippen LogP contribution in [0.25, 0.3) is 22.2 Å². The average molecular weight is 370 g/mol. The van der Waals surface area contributed by atoms with Crippen molar-refractivity contribution in [3.8, 4) is 11.1 Å². The molecule has 0 saturated carbocycles. The molecule has 0 fully saturated rings. The van der Waals surface area contributed by atoms with Gasteiger partial charge < -0.3 is 9.30 Å². The molecule has 0 aliphatic heterocycles. The molecule has 2 aromatic carbocycles. The molecule has 138 valence electrons. The molecule has 0 amide bonds. The maximum absolute atomic E-state index is 11.6. The van der Waals surface area contributed by atoms with E-state index in [1.54, 1.807) is 18.3 Å². The number of hydrogen-bond acceptors (Lipinski definition) is 4. The number of aldehydes is 1. The maximum Gasteiger partial charge on any atom is 0.337 e. The highest BCUT2D eigenvalue weighted by molar-refractivity contribution is 5.93. The number of benzene rings is 2. The molecule has 4 aromatic rings. The number of carbonyl (C=O) groups excluding carboxylic acids is 2. The van der Waals surface area contributed by atoms with Gasteiger partial charge in [0, 0.05) is 29.9 Å². The van der Waals surface area contributed by atoms with E-state index in [9.17, 15) is 9.59 Å². The highest BCUT2D eigenvalue weighted by Gasteiger charge is 2.10. The van der Waals surface area contributed by atoms with Gasteiger partial charge in [0.2, 0.25) is 0 Å². The summed E-state index contributed by atoms with van der Waals surface area (Å²) in [6.07, 6.45) is 4.64. The Hall–Kier alpha value is -3.73. The van der Waals surface area contributed by atoms with Crippen molar-refractivity contribution in [1.82, 2.24) is 9.55 Å². The summed E-state index contributed by atoms with van der Waals surface area (Å²) in [4.78, 5) is 27.0. The predicted molar refractivity (Wildman–Crippen MR) is 107 cm³/mol. The molecule has 0 aliphatic rings. The van der Waals surface area contributed by atoms with E-state index < -0.39 is 0 Å². The first kappa shape index (κ1) is 17.7. The Morgan fingerprint density at radius 1 is 1.04 bits per heavy atom. The van der Waals surface area contributed by atoms with Crippen LogP contribution in [0.5, 0.6) is 0 Å². The zero-order chi connectivity index (χ0) is 19.5. The minimum atomic E-state index is -0.343. The summed E-state index contributed by atoms with van der Waals surface area (Å²) < 4.78 is 6.81. The highest BCUT2D eigenvalue weighted by atomic mass is 16.5. The molecule has 0 spiro atoms. The largest absolute Gasteiger partial charge is 0.465 e. The summed E-state index contributed by atoms with van der Waals surface area (Å²) in [5.74, 6) is -0.343. The standard InChI is InChI=1S/C23H18N2O3/c1-28-23(27)19-8-2-16(3-9-19)14-25-13-11-21-20(10-12-24-22(21)25)18-6-4-17(15-26)5-7-18/h2-13,15H,14H2,1H3. The summed E-state index contributed by atoms with van der Waals surface area (Å²) in [6.45, 7) is 0.644. The lowest BCUT2D eigenvalue weighted by Crippen LogP contribution is -2.03. The van der Waals surface area contributed by atoms with Gasteiger partial charge in [0.15, 0.2) is 0 Å². The van der Waals surface area contributed by atoms with Crippen molar-refractivity contribution in [1.29, 1.82) is 0 Å². The van der Waals surface area contributed by atoms with Gasteiger partial charge >= 0.3 is 5.97 Å². The van der Waals surface area contributed by atoms with E-state index in [1.807, 2.05) is 54.7 Å². The van der Waals surface area contributed by atoms with Gasteiger partial charge in [-0.1, -0.05) is 36.4 Å². The lowest BCUT2D eigenvalue weighted by Gasteiger charge is -2.08. The molecule has 0 aliphatic carbocycles. The van der Waals surface area contributed by atoms with Crippen LogP contribution in [0.3, 0.4) is 0 Å². The average Bonchev–Trinajstić information content (AvgIpc) is 3.16. The molecule has 0 unspecified atom stereocenters. The molecule has 0 radical (unpaired) electrons. The molecular weight excluding hydrogens is 352 g/mol. The third-order valence-electron chi connectivity index (χ3n) is 4.75. The Bertz CT molecular complexity index is 1140. The van der Waals surface area contributed by atoms with Crippen LogP contribution >= 0.6 is 0 Å². The second-order valence-corrected chi connectivity index (χ2v) is 6.47. The SMILES string of the molecule is COC(=O)c1ccc(Cn2ccc3c(-c4ccc(C=O)cc4)ccnc32)cc1. The molecule has 0 saturated heterocycles. The van der Waals surface area contributed by atoms with E-state index >= 15 is 0 Å². The van der Waals surface area contributed by atoms with Crippen LogP contribution in [-0.4, -0.2) is 28.9 Å². The number of nitrogens with zero attached hydrogens (tertiary/aromatic N) is 2. The van der Waals surface area contributed by atoms with Crippen molar-refractivity contribution in [3.63, 3.8) is 0 Å². The van der Waals surface area contributed by atoms with Crippen LogP contribution in [0.2, 0.25) is 0 Å². The molecule has 2 heterocycles. The first-order chi connectivity index (χ1) is 13.7. The lowest BCUT2D eigenvalue weighted by molar-refractivity contribution is 0.0600. The summed E-state index contributed by atoms with van der Waals surface area (Å²) in [7, 11) is 1.37. The van der Waals surface area contributed by atoms with Crippen molar-refractivity contribution in [3.05, 3.63) is 89.7 Å². The number of rotatable bonds is 5. The normalized spacial score (nSPS) is 10.8. The molecule has 2 aromatic heterocycles. The number of pyridine rings is 1. The quantitative estimate of drug-likeness (QED) is 0.387. The van der Waals surface area contributed by atoms with Gasteiger partial charge in [-0.15, -0.1) is 0 Å². The number of ether oxygens (including phenoxy) is 1. The predicted octanol–water partition coefficient (Wildman–Crippen LogP) is 4.35. The van der Waals surface area contributed by atoms with Gasteiger partial charge in [0.05, 0.1) is 12.7 Å². The summed E-state index contributed by atoms with van der Waals surface area (Å²) >= 11 is 0. The Labute approximate surface area is 162 Å². The third-order valence-corrected chi connectivity index (χ3v) is 4.75. The second-order valence-electron chi connectivity index (χ2n) is 6.47. The minimum Gasteiger partial charge on any atom is -0.465 e. The molecule has 5 heteroatoms. The number of carbonyl (C=O) groups is 2. The van der Waals surface area contributed by atoms with Crippen LogP contribution < -0.4 is 0 Å². The summed E-state index contributed by atoms with van der Waals surface area (Å²) in [5, 5.41) is 1.05. The van der Waals surface area contributed by atoms with E-state index in [1.165, 1.54) is 7.11 Å². The Morgan fingerprint density at radius 2 is 1.79 bits per heavy atom. The van der Waals surface area contributed by atoms with Crippen LogP contribution in [0.1, 0.15) is 26.3 Å². The Morgan fingerprint density at radius 3 is 2.46 bits per heavy atom. The molecular formula is C23H18N2O3. The highest BCUT2D eigenvalue weighted by Crippen LogP contribution is 2.28. The smallest absolute Gasteiger partial charge is 0.337 e. The van der Waals surface area contributed by atoms with Gasteiger partial charge in [-0.2, -0.15) is 0 Å². The molecule has 5 nitrogen and oxygen atoms in total. The van der Waals surface area contributed by atoms with Gasteiger partial charge in [0.25, 0.3) is 0 Å². The van der Waals surface area contributed by atoms with Gasteiger partial charge in [-0.05, 0) is 41.0 Å². The van der Waals surface area contributed by atoms with Crippen molar-refractivity contribution in [2.45, 2.75) is 6.54 Å². The van der Waals surface area contributed by atoms with Crippen LogP contribution in [0.15, 0.2) is 73.1 Å². The minimum absolute atomic E-state index is 0.343. The number of aromatic nitrogens is 2. The van der Waals surface area contributed by atoms with Crippen LogP contribution in [-0.2, 0) is 11.3 Å². The zero-order valence-corrected chi connectivity index (χ0v) is 15.3. The van der Waals surface area contributed by atoms with Crippen molar-refractivity contribution < 1.29 is 14.3 Å². The Balaban J connectivity index is 1.66. The van der Waals surface area contributed by atoms with Crippen molar-refractivity contribution in [2.75, 3.05) is 7.11 Å². The Kier molecular flexibility index (Phi) is 4.72. The topological polar surface area (TPSA) is 61.2 Å². The van der Waals surface area contributed by atoms with Crippen molar-refractivity contribution >= 4 is 23.3 Å². The summed E-state index contributed by atoms with van der Waals surface area (Å²) in [5.41, 5.74) is 5.24.